The Morgan fingerprint density at radius 3 is 2.82 bits per heavy atom. The molecular formula is C11H17ClN4O. The molecule has 0 amide bonds. The highest BCUT2D eigenvalue weighted by molar-refractivity contribution is 6.32. The minimum Gasteiger partial charge on any atom is -0.369 e. The summed E-state index contributed by atoms with van der Waals surface area (Å²) in [5, 5.41) is 4.60. The van der Waals surface area contributed by atoms with Crippen molar-refractivity contribution < 1.29 is 4.79 Å². The number of aliphatic imine (C=N–C) groups is 1. The molecule has 6 heteroatoms. The van der Waals surface area contributed by atoms with Gasteiger partial charge in [0.2, 0.25) is 0 Å². The van der Waals surface area contributed by atoms with Crippen LogP contribution in [0.5, 0.6) is 0 Å². The smallest absolute Gasteiger partial charge is 0.155 e. The minimum absolute atomic E-state index is 0.395. The molecule has 0 aliphatic rings. The van der Waals surface area contributed by atoms with Crippen molar-refractivity contribution in [2.75, 3.05) is 20.6 Å². The van der Waals surface area contributed by atoms with Gasteiger partial charge in [0, 0.05) is 27.7 Å². The molecule has 0 aromatic carbocycles. The molecule has 17 heavy (non-hydrogen) atoms. The third-order valence-corrected chi connectivity index (χ3v) is 2.67. The van der Waals surface area contributed by atoms with Gasteiger partial charge in [0.25, 0.3) is 0 Å². The monoisotopic (exact) mass is 256 g/mol. The van der Waals surface area contributed by atoms with Crippen molar-refractivity contribution in [2.24, 2.45) is 12.0 Å². The van der Waals surface area contributed by atoms with Gasteiger partial charge in [0.1, 0.15) is 5.15 Å². The summed E-state index contributed by atoms with van der Waals surface area (Å²) in [4.78, 5) is 17.0. The first-order valence-corrected chi connectivity index (χ1v) is 5.77. The first-order chi connectivity index (χ1) is 8.06. The van der Waals surface area contributed by atoms with Crippen molar-refractivity contribution in [3.8, 4) is 0 Å². The lowest BCUT2D eigenvalue weighted by Gasteiger charge is -2.01. The SMILES string of the molecule is CN(C)C=NCCCc1nn(C)c(Cl)c1C=O. The molecule has 0 aliphatic heterocycles. The molecule has 0 atom stereocenters. The Bertz CT molecular complexity index is 412. The second kappa shape index (κ2) is 6.39. The average Bonchev–Trinajstić information content (AvgIpc) is 2.53. The van der Waals surface area contributed by atoms with Gasteiger partial charge in [-0.3, -0.25) is 14.5 Å². The molecule has 0 unspecified atom stereocenters. The molecular weight excluding hydrogens is 240 g/mol. The first-order valence-electron chi connectivity index (χ1n) is 5.39. The van der Waals surface area contributed by atoms with Crippen LogP contribution >= 0.6 is 11.6 Å². The highest BCUT2D eigenvalue weighted by Gasteiger charge is 2.12. The predicted molar refractivity (Wildman–Crippen MR) is 69.0 cm³/mol. The summed E-state index contributed by atoms with van der Waals surface area (Å²) in [5.41, 5.74) is 1.23. The van der Waals surface area contributed by atoms with Crippen LogP contribution in [-0.4, -0.2) is 47.9 Å². The van der Waals surface area contributed by atoms with E-state index in [4.69, 9.17) is 11.6 Å². The third kappa shape index (κ3) is 3.85. The van der Waals surface area contributed by atoms with E-state index in [0.717, 1.165) is 18.4 Å². The van der Waals surface area contributed by atoms with Crippen molar-refractivity contribution >= 4 is 24.2 Å². The van der Waals surface area contributed by atoms with Gasteiger partial charge < -0.3 is 4.90 Å². The number of nitrogens with zero attached hydrogens (tertiary/aromatic N) is 4. The molecule has 5 nitrogen and oxygen atoms in total. The zero-order valence-corrected chi connectivity index (χ0v) is 11.1. The van der Waals surface area contributed by atoms with Gasteiger partial charge in [-0.15, -0.1) is 0 Å². The molecule has 1 aromatic rings. The zero-order valence-electron chi connectivity index (χ0n) is 10.4. The first kappa shape index (κ1) is 13.7. The molecule has 0 saturated heterocycles. The molecule has 0 N–H and O–H groups in total. The number of aryl methyl sites for hydroxylation is 2. The normalized spacial score (nSPS) is 11.1. The lowest BCUT2D eigenvalue weighted by Crippen LogP contribution is -2.08. The van der Waals surface area contributed by atoms with Gasteiger partial charge in [-0.25, -0.2) is 0 Å². The Morgan fingerprint density at radius 2 is 2.24 bits per heavy atom. The van der Waals surface area contributed by atoms with Crippen LogP contribution in [0.15, 0.2) is 4.99 Å². The number of rotatable bonds is 6. The summed E-state index contributed by atoms with van der Waals surface area (Å²) in [6.07, 6.45) is 4.08. The number of hydrogen-bond acceptors (Lipinski definition) is 3. The largest absolute Gasteiger partial charge is 0.369 e. The zero-order chi connectivity index (χ0) is 12.8. The Labute approximate surface area is 106 Å². The minimum atomic E-state index is 0.395. The van der Waals surface area contributed by atoms with Crippen LogP contribution in [0.4, 0.5) is 0 Å². The quantitative estimate of drug-likeness (QED) is 0.335. The molecule has 0 aliphatic carbocycles. The summed E-state index contributed by atoms with van der Waals surface area (Å²) in [5.74, 6) is 0. The molecule has 1 heterocycles. The van der Waals surface area contributed by atoms with Crippen LogP contribution < -0.4 is 0 Å². The van der Waals surface area contributed by atoms with Crippen molar-refractivity contribution in [1.82, 2.24) is 14.7 Å². The number of carbonyl (C=O) groups is 1. The molecule has 0 spiro atoms. The Kier molecular flexibility index (Phi) is 5.15. The summed E-state index contributed by atoms with van der Waals surface area (Å²) >= 11 is 5.93. The molecule has 0 bridgehead atoms. The second-order valence-electron chi connectivity index (χ2n) is 3.98. The van der Waals surface area contributed by atoms with Crippen molar-refractivity contribution in [3.05, 3.63) is 16.4 Å². The van der Waals surface area contributed by atoms with Crippen LogP contribution in [0.25, 0.3) is 0 Å². The maximum Gasteiger partial charge on any atom is 0.155 e. The van der Waals surface area contributed by atoms with E-state index < -0.39 is 0 Å². The van der Waals surface area contributed by atoms with Crippen LogP contribution in [0.3, 0.4) is 0 Å². The van der Waals surface area contributed by atoms with Gasteiger partial charge in [0.05, 0.1) is 17.6 Å². The number of hydrogen-bond donors (Lipinski definition) is 0. The Hall–Kier alpha value is -1.36. The average molecular weight is 257 g/mol. The lowest BCUT2D eigenvalue weighted by atomic mass is 10.2. The van der Waals surface area contributed by atoms with Crippen LogP contribution in [0, 0.1) is 0 Å². The summed E-state index contributed by atoms with van der Waals surface area (Å²) in [7, 11) is 5.57. The van der Waals surface area contributed by atoms with E-state index >= 15 is 0 Å². The number of aldehydes is 1. The highest BCUT2D eigenvalue weighted by Crippen LogP contribution is 2.18. The van der Waals surface area contributed by atoms with E-state index in [1.54, 1.807) is 13.4 Å². The maximum atomic E-state index is 10.9. The van der Waals surface area contributed by atoms with E-state index in [1.807, 2.05) is 19.0 Å². The lowest BCUT2D eigenvalue weighted by molar-refractivity contribution is 0.112. The molecule has 0 fully saturated rings. The fourth-order valence-corrected chi connectivity index (χ4v) is 1.62. The van der Waals surface area contributed by atoms with E-state index in [0.29, 0.717) is 23.7 Å². The number of halogens is 1. The Morgan fingerprint density at radius 1 is 1.53 bits per heavy atom. The van der Waals surface area contributed by atoms with E-state index in [1.165, 1.54) is 4.68 Å². The van der Waals surface area contributed by atoms with E-state index in [2.05, 4.69) is 10.1 Å². The van der Waals surface area contributed by atoms with E-state index in [-0.39, 0.29) is 0 Å². The maximum absolute atomic E-state index is 10.9. The van der Waals surface area contributed by atoms with Crippen molar-refractivity contribution in [3.63, 3.8) is 0 Å². The number of aromatic nitrogens is 2. The van der Waals surface area contributed by atoms with Gasteiger partial charge >= 0.3 is 0 Å². The molecule has 1 aromatic heterocycles. The van der Waals surface area contributed by atoms with Gasteiger partial charge in [-0.2, -0.15) is 5.10 Å². The van der Waals surface area contributed by atoms with E-state index in [9.17, 15) is 4.79 Å². The summed E-state index contributed by atoms with van der Waals surface area (Å²) < 4.78 is 1.52. The molecule has 0 saturated carbocycles. The van der Waals surface area contributed by atoms with Gasteiger partial charge in [-0.1, -0.05) is 11.6 Å². The topological polar surface area (TPSA) is 50.5 Å². The third-order valence-electron chi connectivity index (χ3n) is 2.22. The Balaban J connectivity index is 2.52. The van der Waals surface area contributed by atoms with Crippen LogP contribution in [0.1, 0.15) is 22.5 Å². The van der Waals surface area contributed by atoms with Crippen molar-refractivity contribution in [2.45, 2.75) is 12.8 Å². The fraction of sp³-hybridized carbons (Fsp3) is 0.545. The van der Waals surface area contributed by atoms with Crippen molar-refractivity contribution in [1.29, 1.82) is 0 Å². The molecule has 1 rings (SSSR count). The number of carbonyl (C=O) groups excluding carboxylic acids is 1. The fourth-order valence-electron chi connectivity index (χ4n) is 1.43. The van der Waals surface area contributed by atoms with Gasteiger partial charge in [-0.05, 0) is 12.8 Å². The predicted octanol–water partition coefficient (Wildman–Crippen LogP) is 1.41. The van der Waals surface area contributed by atoms with Crippen LogP contribution in [-0.2, 0) is 13.5 Å². The summed E-state index contributed by atoms with van der Waals surface area (Å²) in [6, 6.07) is 0. The highest BCUT2D eigenvalue weighted by atomic mass is 35.5. The summed E-state index contributed by atoms with van der Waals surface area (Å²) in [6.45, 7) is 0.713. The van der Waals surface area contributed by atoms with Gasteiger partial charge in [0.15, 0.2) is 6.29 Å². The molecule has 94 valence electrons. The second-order valence-corrected chi connectivity index (χ2v) is 4.34. The molecule has 0 radical (unpaired) electrons. The van der Waals surface area contributed by atoms with Crippen LogP contribution in [0.2, 0.25) is 5.15 Å². The standard InChI is InChI=1S/C11H17ClN4O/c1-15(2)8-13-6-4-5-10-9(7-17)11(12)16(3)14-10/h7-8H,4-6H2,1-3H3.